The molecule has 2 aliphatic rings. The highest BCUT2D eigenvalue weighted by molar-refractivity contribution is 5.98. The van der Waals surface area contributed by atoms with Crippen molar-refractivity contribution in [2.24, 2.45) is 5.73 Å². The van der Waals surface area contributed by atoms with E-state index in [0.717, 1.165) is 43.4 Å². The standard InChI is InChI=1S/C22H29N3O2/c1-3-4-11-25-18-8-6-5-7-17(18)21(26)19(22(23)27)20(25)14-12-15-9-10-16(13-14)24(15)2/h5-8,14-16H,3-4,9-13H2,1-2H3,(H2,23,27). The molecule has 0 radical (unpaired) electrons. The molecule has 144 valence electrons. The summed E-state index contributed by atoms with van der Waals surface area (Å²) >= 11 is 0. The Morgan fingerprint density at radius 3 is 2.48 bits per heavy atom. The van der Waals surface area contributed by atoms with E-state index in [1.165, 1.54) is 12.8 Å². The summed E-state index contributed by atoms with van der Waals surface area (Å²) in [6.45, 7) is 2.98. The van der Waals surface area contributed by atoms with Gasteiger partial charge in [-0.2, -0.15) is 0 Å². The predicted octanol–water partition coefficient (Wildman–Crippen LogP) is 3.24. The van der Waals surface area contributed by atoms with Gasteiger partial charge in [-0.15, -0.1) is 0 Å². The maximum absolute atomic E-state index is 13.2. The Hall–Kier alpha value is -2.14. The lowest BCUT2D eigenvalue weighted by Gasteiger charge is -2.38. The van der Waals surface area contributed by atoms with Crippen molar-refractivity contribution in [3.63, 3.8) is 0 Å². The van der Waals surface area contributed by atoms with E-state index in [0.29, 0.717) is 17.5 Å². The van der Waals surface area contributed by atoms with Crippen LogP contribution >= 0.6 is 0 Å². The number of carbonyl (C=O) groups excluding carboxylic acids is 1. The first-order valence-electron chi connectivity index (χ1n) is 10.2. The third-order valence-electron chi connectivity index (χ3n) is 6.68. The highest BCUT2D eigenvalue weighted by Crippen LogP contribution is 2.43. The molecule has 4 rings (SSSR count). The van der Waals surface area contributed by atoms with Gasteiger partial charge in [-0.3, -0.25) is 9.59 Å². The van der Waals surface area contributed by atoms with Crippen LogP contribution in [0.2, 0.25) is 0 Å². The molecule has 3 heterocycles. The Morgan fingerprint density at radius 1 is 1.19 bits per heavy atom. The molecule has 2 N–H and O–H groups in total. The van der Waals surface area contributed by atoms with E-state index < -0.39 is 5.91 Å². The van der Waals surface area contributed by atoms with Crippen molar-refractivity contribution >= 4 is 16.8 Å². The van der Waals surface area contributed by atoms with E-state index in [1.807, 2.05) is 24.3 Å². The first-order valence-corrected chi connectivity index (χ1v) is 10.2. The summed E-state index contributed by atoms with van der Waals surface area (Å²) in [6, 6.07) is 8.72. The molecule has 2 aliphatic heterocycles. The zero-order valence-corrected chi connectivity index (χ0v) is 16.3. The Balaban J connectivity index is 1.95. The molecule has 1 aromatic heterocycles. The van der Waals surface area contributed by atoms with Gasteiger partial charge in [-0.1, -0.05) is 25.5 Å². The Kier molecular flexibility index (Phi) is 4.81. The summed E-state index contributed by atoms with van der Waals surface area (Å²) in [5.41, 5.74) is 7.61. The van der Waals surface area contributed by atoms with E-state index in [1.54, 1.807) is 0 Å². The van der Waals surface area contributed by atoms with Crippen LogP contribution < -0.4 is 11.2 Å². The van der Waals surface area contributed by atoms with Crippen molar-refractivity contribution in [1.29, 1.82) is 0 Å². The molecule has 1 amide bonds. The molecule has 2 fully saturated rings. The van der Waals surface area contributed by atoms with Crippen LogP contribution in [0, 0.1) is 0 Å². The number of unbranched alkanes of at least 4 members (excludes halogenated alkanes) is 1. The Bertz CT molecular complexity index is 919. The van der Waals surface area contributed by atoms with Gasteiger partial charge in [0.1, 0.15) is 5.56 Å². The van der Waals surface area contributed by atoms with Gasteiger partial charge < -0.3 is 15.2 Å². The summed E-state index contributed by atoms with van der Waals surface area (Å²) in [6.07, 6.45) is 6.48. The molecule has 27 heavy (non-hydrogen) atoms. The fraction of sp³-hybridized carbons (Fsp3) is 0.545. The lowest BCUT2D eigenvalue weighted by Crippen LogP contribution is -2.41. The number of nitrogens with two attached hydrogens (primary N) is 1. The number of hydrogen-bond acceptors (Lipinski definition) is 3. The van der Waals surface area contributed by atoms with Crippen LogP contribution in [0.5, 0.6) is 0 Å². The van der Waals surface area contributed by atoms with Gasteiger partial charge in [0.05, 0.1) is 5.52 Å². The second-order valence-corrected chi connectivity index (χ2v) is 8.19. The molecule has 0 aliphatic carbocycles. The van der Waals surface area contributed by atoms with Crippen molar-refractivity contribution in [2.45, 2.75) is 70.0 Å². The minimum Gasteiger partial charge on any atom is -0.365 e. The number of pyridine rings is 1. The average molecular weight is 367 g/mol. The Morgan fingerprint density at radius 2 is 1.85 bits per heavy atom. The highest BCUT2D eigenvalue weighted by atomic mass is 16.2. The number of aryl methyl sites for hydroxylation is 1. The first kappa shape index (κ1) is 18.2. The van der Waals surface area contributed by atoms with Gasteiger partial charge in [0.15, 0.2) is 0 Å². The van der Waals surface area contributed by atoms with Crippen molar-refractivity contribution in [2.75, 3.05) is 7.05 Å². The second-order valence-electron chi connectivity index (χ2n) is 8.19. The van der Waals surface area contributed by atoms with Crippen LogP contribution in [-0.2, 0) is 6.54 Å². The molecule has 2 bridgehead atoms. The average Bonchev–Trinajstić information content (AvgIpc) is 2.87. The van der Waals surface area contributed by atoms with Crippen LogP contribution in [0.15, 0.2) is 29.1 Å². The van der Waals surface area contributed by atoms with Crippen LogP contribution in [0.4, 0.5) is 0 Å². The third kappa shape index (κ3) is 2.98. The SMILES string of the molecule is CCCCn1c(C2CC3CCC(C2)N3C)c(C(N)=O)c(=O)c2ccccc21. The lowest BCUT2D eigenvalue weighted by atomic mass is 9.85. The number of benzene rings is 1. The zero-order chi connectivity index (χ0) is 19.1. The molecular formula is C22H29N3O2. The zero-order valence-electron chi connectivity index (χ0n) is 16.3. The number of piperidine rings is 1. The van der Waals surface area contributed by atoms with Crippen LogP contribution in [0.25, 0.3) is 10.9 Å². The third-order valence-corrected chi connectivity index (χ3v) is 6.68. The van der Waals surface area contributed by atoms with Gasteiger partial charge >= 0.3 is 0 Å². The quantitative estimate of drug-likeness (QED) is 0.882. The van der Waals surface area contributed by atoms with E-state index in [9.17, 15) is 9.59 Å². The highest BCUT2D eigenvalue weighted by Gasteiger charge is 2.41. The number of nitrogens with zero attached hydrogens (tertiary/aromatic N) is 2. The molecule has 5 heteroatoms. The summed E-state index contributed by atoms with van der Waals surface area (Å²) in [4.78, 5) is 28.1. The van der Waals surface area contributed by atoms with E-state index >= 15 is 0 Å². The van der Waals surface area contributed by atoms with Crippen LogP contribution in [-0.4, -0.2) is 34.5 Å². The first-order chi connectivity index (χ1) is 13.0. The fourth-order valence-corrected chi connectivity index (χ4v) is 5.27. The van der Waals surface area contributed by atoms with Crippen LogP contribution in [0.1, 0.15) is 67.4 Å². The maximum Gasteiger partial charge on any atom is 0.254 e. The van der Waals surface area contributed by atoms with Crippen molar-refractivity contribution in [3.05, 3.63) is 45.7 Å². The van der Waals surface area contributed by atoms with Crippen LogP contribution in [0.3, 0.4) is 0 Å². The Labute approximate surface area is 160 Å². The van der Waals surface area contributed by atoms with E-state index in [4.69, 9.17) is 5.73 Å². The summed E-state index contributed by atoms with van der Waals surface area (Å²) in [7, 11) is 2.21. The second kappa shape index (κ2) is 7.12. The van der Waals surface area contributed by atoms with Gasteiger partial charge in [0, 0.05) is 35.6 Å². The normalized spacial score (nSPS) is 25.2. The van der Waals surface area contributed by atoms with E-state index in [-0.39, 0.29) is 16.9 Å². The van der Waals surface area contributed by atoms with Gasteiger partial charge in [0.2, 0.25) is 5.43 Å². The largest absolute Gasteiger partial charge is 0.365 e. The molecule has 2 atom stereocenters. The monoisotopic (exact) mass is 367 g/mol. The summed E-state index contributed by atoms with van der Waals surface area (Å²) < 4.78 is 2.23. The van der Waals surface area contributed by atoms with Crippen molar-refractivity contribution in [3.8, 4) is 0 Å². The van der Waals surface area contributed by atoms with E-state index in [2.05, 4.69) is 23.4 Å². The predicted molar refractivity (Wildman–Crippen MR) is 108 cm³/mol. The lowest BCUT2D eigenvalue weighted by molar-refractivity contribution is 0.0994. The minimum absolute atomic E-state index is 0.202. The molecule has 5 nitrogen and oxygen atoms in total. The minimum atomic E-state index is -0.586. The number of fused-ring (bicyclic) bond motifs is 3. The molecule has 2 saturated heterocycles. The summed E-state index contributed by atoms with van der Waals surface area (Å²) in [5, 5.41) is 0.599. The summed E-state index contributed by atoms with van der Waals surface area (Å²) in [5.74, 6) is -0.368. The fourth-order valence-electron chi connectivity index (χ4n) is 5.27. The number of primary amides is 1. The smallest absolute Gasteiger partial charge is 0.254 e. The van der Waals surface area contributed by atoms with Crippen molar-refractivity contribution < 1.29 is 4.79 Å². The molecule has 0 spiro atoms. The molecule has 2 aromatic rings. The van der Waals surface area contributed by atoms with Crippen molar-refractivity contribution in [1.82, 2.24) is 9.47 Å². The number of para-hydroxylation sites is 1. The molecule has 2 unspecified atom stereocenters. The molecule has 1 aromatic carbocycles. The number of hydrogen-bond donors (Lipinski definition) is 1. The van der Waals surface area contributed by atoms with Gasteiger partial charge in [-0.25, -0.2) is 0 Å². The van der Waals surface area contributed by atoms with Gasteiger partial charge in [0.25, 0.3) is 5.91 Å². The molecular weight excluding hydrogens is 338 g/mol. The number of rotatable bonds is 5. The topological polar surface area (TPSA) is 68.3 Å². The van der Waals surface area contributed by atoms with Gasteiger partial charge in [-0.05, 0) is 51.3 Å². The molecule has 0 saturated carbocycles. The number of amides is 1. The number of aromatic nitrogens is 1. The number of carbonyl (C=O) groups is 1. The maximum atomic E-state index is 13.2.